The van der Waals surface area contributed by atoms with Gasteiger partial charge in [0.15, 0.2) is 0 Å². The summed E-state index contributed by atoms with van der Waals surface area (Å²) in [4.78, 5) is 34.2. The average molecular weight is 228 g/mol. The molecule has 16 heavy (non-hydrogen) atoms. The van der Waals surface area contributed by atoms with Crippen LogP contribution in [0, 0.1) is 5.82 Å². The van der Waals surface area contributed by atoms with E-state index in [2.05, 4.69) is 11.3 Å². The molecular weight excluding hydrogens is 219 g/mol. The molecule has 1 N–H and O–H groups in total. The molecule has 86 valence electrons. The van der Waals surface area contributed by atoms with Crippen LogP contribution in [0.2, 0.25) is 0 Å². The van der Waals surface area contributed by atoms with Gasteiger partial charge in [0.2, 0.25) is 5.82 Å². The van der Waals surface area contributed by atoms with Crippen molar-refractivity contribution >= 4 is 5.97 Å². The minimum atomic E-state index is -1.08. The van der Waals surface area contributed by atoms with Gasteiger partial charge in [-0.1, -0.05) is 6.58 Å². The van der Waals surface area contributed by atoms with Crippen molar-refractivity contribution in [1.82, 2.24) is 9.55 Å². The number of carbonyl (C=O) groups excluding carboxylic acids is 1. The number of H-pyrrole nitrogens is 1. The van der Waals surface area contributed by atoms with Gasteiger partial charge in [0, 0.05) is 6.08 Å². The zero-order valence-corrected chi connectivity index (χ0v) is 8.23. The van der Waals surface area contributed by atoms with E-state index >= 15 is 0 Å². The average Bonchev–Trinajstić information content (AvgIpc) is 2.25. The fourth-order valence-corrected chi connectivity index (χ4v) is 0.952. The van der Waals surface area contributed by atoms with Gasteiger partial charge in [0.1, 0.15) is 6.61 Å². The van der Waals surface area contributed by atoms with E-state index in [0.717, 1.165) is 16.8 Å². The van der Waals surface area contributed by atoms with Crippen molar-refractivity contribution in [2.24, 2.45) is 0 Å². The number of aromatic nitrogens is 2. The highest BCUT2D eigenvalue weighted by atomic mass is 19.1. The summed E-state index contributed by atoms with van der Waals surface area (Å²) in [5, 5.41) is 0. The van der Waals surface area contributed by atoms with Crippen LogP contribution < -0.4 is 11.2 Å². The molecule has 6 nitrogen and oxygen atoms in total. The van der Waals surface area contributed by atoms with E-state index in [1.54, 1.807) is 4.98 Å². The van der Waals surface area contributed by atoms with E-state index in [4.69, 9.17) is 0 Å². The molecule has 0 fully saturated rings. The zero-order valence-electron chi connectivity index (χ0n) is 8.23. The summed E-state index contributed by atoms with van der Waals surface area (Å²) in [5.74, 6) is -1.72. The molecule has 0 aliphatic carbocycles. The molecule has 7 heteroatoms. The molecule has 0 bridgehead atoms. The van der Waals surface area contributed by atoms with Gasteiger partial charge in [-0.3, -0.25) is 14.3 Å². The smallest absolute Gasteiger partial charge is 0.330 e. The Balaban J connectivity index is 2.71. The molecule has 1 rings (SSSR count). The summed E-state index contributed by atoms with van der Waals surface area (Å²) >= 11 is 0. The third kappa shape index (κ3) is 2.91. The number of halogens is 1. The molecule has 1 heterocycles. The van der Waals surface area contributed by atoms with Gasteiger partial charge in [-0.2, -0.15) is 4.39 Å². The first-order valence-electron chi connectivity index (χ1n) is 4.33. The monoisotopic (exact) mass is 228 g/mol. The highest BCUT2D eigenvalue weighted by Gasteiger charge is 2.04. The third-order valence-electron chi connectivity index (χ3n) is 1.71. The number of hydrogen-bond acceptors (Lipinski definition) is 4. The van der Waals surface area contributed by atoms with E-state index in [1.165, 1.54) is 0 Å². The predicted molar refractivity (Wildman–Crippen MR) is 52.4 cm³/mol. The van der Waals surface area contributed by atoms with Crippen LogP contribution >= 0.6 is 0 Å². The number of hydrogen-bond donors (Lipinski definition) is 1. The van der Waals surface area contributed by atoms with E-state index in [-0.39, 0.29) is 13.2 Å². The Bertz CT molecular complexity index is 517. The number of nitrogens with zero attached hydrogens (tertiary/aromatic N) is 1. The minimum Gasteiger partial charge on any atom is -0.461 e. The zero-order chi connectivity index (χ0) is 12.1. The molecule has 0 saturated heterocycles. The van der Waals surface area contributed by atoms with Crippen LogP contribution in [-0.4, -0.2) is 22.1 Å². The number of carbonyl (C=O) groups is 1. The van der Waals surface area contributed by atoms with Gasteiger partial charge in [-0.25, -0.2) is 9.59 Å². The number of ether oxygens (including phenoxy) is 1. The van der Waals surface area contributed by atoms with Gasteiger partial charge in [-0.05, 0) is 0 Å². The van der Waals surface area contributed by atoms with Crippen LogP contribution in [-0.2, 0) is 16.1 Å². The maximum Gasteiger partial charge on any atom is 0.330 e. The molecule has 0 aliphatic heterocycles. The quantitative estimate of drug-likeness (QED) is 0.551. The van der Waals surface area contributed by atoms with Crippen LogP contribution in [0.25, 0.3) is 0 Å². The highest BCUT2D eigenvalue weighted by Crippen LogP contribution is 1.86. The van der Waals surface area contributed by atoms with Crippen molar-refractivity contribution < 1.29 is 13.9 Å². The third-order valence-corrected chi connectivity index (χ3v) is 1.71. The number of nitrogens with one attached hydrogen (secondary N) is 1. The second-order valence-electron chi connectivity index (χ2n) is 2.80. The first-order valence-corrected chi connectivity index (χ1v) is 4.33. The molecule has 0 aromatic carbocycles. The van der Waals surface area contributed by atoms with E-state index in [1.807, 2.05) is 0 Å². The summed E-state index contributed by atoms with van der Waals surface area (Å²) in [5.41, 5.74) is -1.84. The lowest BCUT2D eigenvalue weighted by Gasteiger charge is -2.04. The van der Waals surface area contributed by atoms with Gasteiger partial charge in [-0.15, -0.1) is 0 Å². The fourth-order valence-electron chi connectivity index (χ4n) is 0.952. The van der Waals surface area contributed by atoms with Crippen LogP contribution in [0.3, 0.4) is 0 Å². The number of esters is 1. The van der Waals surface area contributed by atoms with E-state index in [0.29, 0.717) is 0 Å². The minimum absolute atomic E-state index is 0.0495. The van der Waals surface area contributed by atoms with Crippen LogP contribution in [0.4, 0.5) is 4.39 Å². The van der Waals surface area contributed by atoms with Crippen molar-refractivity contribution in [3.05, 3.63) is 45.5 Å². The Morgan fingerprint density at radius 3 is 2.94 bits per heavy atom. The van der Waals surface area contributed by atoms with E-state index in [9.17, 15) is 18.8 Å². The summed E-state index contributed by atoms with van der Waals surface area (Å²) in [7, 11) is 0. The molecule has 0 amide bonds. The summed E-state index contributed by atoms with van der Waals surface area (Å²) < 4.78 is 18.3. The lowest BCUT2D eigenvalue weighted by molar-refractivity contribution is -0.138. The van der Waals surface area contributed by atoms with Crippen LogP contribution in [0.5, 0.6) is 0 Å². The second kappa shape index (κ2) is 5.06. The van der Waals surface area contributed by atoms with Crippen molar-refractivity contribution in [3.8, 4) is 0 Å². The summed E-state index contributed by atoms with van der Waals surface area (Å²) in [6.07, 6.45) is 1.72. The standard InChI is InChI=1S/C9H9FN2O4/c1-2-7(13)16-4-3-12-5-6(10)8(14)11-9(12)15/h2,5H,1,3-4H2,(H,11,14,15). The normalized spacial score (nSPS) is 9.81. The molecule has 0 radical (unpaired) electrons. The lowest BCUT2D eigenvalue weighted by Crippen LogP contribution is -2.32. The van der Waals surface area contributed by atoms with Crippen molar-refractivity contribution in [1.29, 1.82) is 0 Å². The first-order chi connectivity index (χ1) is 7.54. The molecule has 0 unspecified atom stereocenters. The maximum absolute atomic E-state index is 12.8. The Morgan fingerprint density at radius 2 is 2.31 bits per heavy atom. The predicted octanol–water partition coefficient (Wildman–Crippen LogP) is -0.595. The highest BCUT2D eigenvalue weighted by molar-refractivity contribution is 5.81. The van der Waals surface area contributed by atoms with Gasteiger partial charge >= 0.3 is 11.7 Å². The molecule has 0 aliphatic rings. The summed E-state index contributed by atoms with van der Waals surface area (Å²) in [6.45, 7) is 3.01. The SMILES string of the molecule is C=CC(=O)OCCn1cc(F)c(=O)[nH]c1=O. The molecule has 1 aromatic heterocycles. The molecule has 0 spiro atoms. The largest absolute Gasteiger partial charge is 0.461 e. The maximum atomic E-state index is 12.8. The van der Waals surface area contributed by atoms with E-state index < -0.39 is 23.0 Å². The van der Waals surface area contributed by atoms with Crippen molar-refractivity contribution in [3.63, 3.8) is 0 Å². The Morgan fingerprint density at radius 1 is 1.62 bits per heavy atom. The number of aromatic amines is 1. The topological polar surface area (TPSA) is 81.2 Å². The van der Waals surface area contributed by atoms with Crippen molar-refractivity contribution in [2.45, 2.75) is 6.54 Å². The van der Waals surface area contributed by atoms with Gasteiger partial charge < -0.3 is 4.74 Å². The lowest BCUT2D eigenvalue weighted by atomic mass is 10.5. The fraction of sp³-hybridized carbons (Fsp3) is 0.222. The molecular formula is C9H9FN2O4. The van der Waals surface area contributed by atoms with Crippen LogP contribution in [0.15, 0.2) is 28.4 Å². The first kappa shape index (κ1) is 11.9. The Kier molecular flexibility index (Phi) is 3.76. The number of rotatable bonds is 4. The second-order valence-corrected chi connectivity index (χ2v) is 2.80. The van der Waals surface area contributed by atoms with Gasteiger partial charge in [0.05, 0.1) is 12.7 Å². The summed E-state index contributed by atoms with van der Waals surface area (Å²) in [6, 6.07) is 0. The molecule has 0 saturated carbocycles. The van der Waals surface area contributed by atoms with Gasteiger partial charge in [0.25, 0.3) is 5.56 Å². The molecule has 0 atom stereocenters. The van der Waals surface area contributed by atoms with Crippen LogP contribution in [0.1, 0.15) is 0 Å². The Labute approximate surface area is 89.0 Å². The molecule has 1 aromatic rings. The Hall–Kier alpha value is -2.18. The van der Waals surface area contributed by atoms with Crippen molar-refractivity contribution in [2.75, 3.05) is 6.61 Å².